The minimum absolute atomic E-state index is 0.114. The maximum atomic E-state index is 10.6. The number of rotatable bonds is 4. The summed E-state index contributed by atoms with van der Waals surface area (Å²) in [6.45, 7) is 6.23. The number of carboxylic acids is 1. The Kier molecular flexibility index (Phi) is 3.69. The highest BCUT2D eigenvalue weighted by atomic mass is 16.4. The molecule has 0 aliphatic carbocycles. The van der Waals surface area contributed by atoms with Gasteiger partial charge in [-0.3, -0.25) is 4.79 Å². The maximum absolute atomic E-state index is 10.6. The predicted molar refractivity (Wildman–Crippen MR) is 73.7 cm³/mol. The van der Waals surface area contributed by atoms with E-state index in [9.17, 15) is 4.79 Å². The molecular formula is C15H18N2O2. The standard InChI is InChI=1S/C15H18N2O2/c1-10-6-11(2)15(12(3)7-10)17-8-13(16-9-17)4-5-14(18)19/h6-9H,4-5H2,1-3H3,(H,18,19). The number of carbonyl (C=O) groups is 1. The zero-order chi connectivity index (χ0) is 14.0. The van der Waals surface area contributed by atoms with Crippen molar-refractivity contribution in [2.75, 3.05) is 0 Å². The van der Waals surface area contributed by atoms with Crippen LogP contribution in [0.4, 0.5) is 0 Å². The first-order chi connectivity index (χ1) is 8.97. The first-order valence-corrected chi connectivity index (χ1v) is 6.30. The maximum Gasteiger partial charge on any atom is 0.303 e. The van der Waals surface area contributed by atoms with E-state index < -0.39 is 5.97 Å². The molecule has 0 bridgehead atoms. The van der Waals surface area contributed by atoms with E-state index in [4.69, 9.17) is 5.11 Å². The fourth-order valence-corrected chi connectivity index (χ4v) is 2.43. The van der Waals surface area contributed by atoms with E-state index in [0.717, 1.165) is 11.4 Å². The fraction of sp³-hybridized carbons (Fsp3) is 0.333. The SMILES string of the molecule is Cc1cc(C)c(-n2cnc(CCC(=O)O)c2)c(C)c1. The van der Waals surface area contributed by atoms with Crippen molar-refractivity contribution in [1.29, 1.82) is 0 Å². The van der Waals surface area contributed by atoms with E-state index in [1.807, 2.05) is 10.8 Å². The highest BCUT2D eigenvalue weighted by Gasteiger charge is 2.08. The summed E-state index contributed by atoms with van der Waals surface area (Å²) in [6, 6.07) is 4.28. The second kappa shape index (κ2) is 5.26. The Hall–Kier alpha value is -2.10. The molecule has 0 radical (unpaired) electrons. The third kappa shape index (κ3) is 3.02. The van der Waals surface area contributed by atoms with Gasteiger partial charge in [0.2, 0.25) is 0 Å². The van der Waals surface area contributed by atoms with Crippen LogP contribution in [0, 0.1) is 20.8 Å². The Morgan fingerprint density at radius 1 is 1.26 bits per heavy atom. The molecule has 0 amide bonds. The molecule has 0 aliphatic heterocycles. The van der Waals surface area contributed by atoms with Gasteiger partial charge in [-0.1, -0.05) is 17.7 Å². The van der Waals surface area contributed by atoms with E-state index in [1.165, 1.54) is 16.7 Å². The molecule has 1 aromatic heterocycles. The van der Waals surface area contributed by atoms with Gasteiger partial charge in [-0.2, -0.15) is 0 Å². The third-order valence-electron chi connectivity index (χ3n) is 3.12. The number of nitrogens with zero attached hydrogens (tertiary/aromatic N) is 2. The highest BCUT2D eigenvalue weighted by molar-refractivity contribution is 5.66. The van der Waals surface area contributed by atoms with Crippen molar-refractivity contribution in [2.45, 2.75) is 33.6 Å². The second-order valence-electron chi connectivity index (χ2n) is 4.91. The van der Waals surface area contributed by atoms with Gasteiger partial charge in [-0.05, 0) is 31.9 Å². The highest BCUT2D eigenvalue weighted by Crippen LogP contribution is 2.21. The summed E-state index contributed by atoms with van der Waals surface area (Å²) in [5.41, 5.74) is 5.56. The second-order valence-corrected chi connectivity index (χ2v) is 4.91. The molecule has 1 aromatic carbocycles. The molecule has 2 aromatic rings. The number of aromatic nitrogens is 2. The molecule has 0 atom stereocenters. The summed E-state index contributed by atoms with van der Waals surface area (Å²) in [7, 11) is 0. The van der Waals surface area contributed by atoms with Gasteiger partial charge in [0.05, 0.1) is 24.1 Å². The smallest absolute Gasteiger partial charge is 0.303 e. The van der Waals surface area contributed by atoms with E-state index >= 15 is 0 Å². The van der Waals surface area contributed by atoms with Crippen LogP contribution in [0.3, 0.4) is 0 Å². The van der Waals surface area contributed by atoms with Crippen LogP contribution in [-0.4, -0.2) is 20.6 Å². The molecule has 0 saturated carbocycles. The lowest BCUT2D eigenvalue weighted by molar-refractivity contribution is -0.136. The van der Waals surface area contributed by atoms with E-state index in [0.29, 0.717) is 6.42 Å². The number of benzene rings is 1. The molecule has 100 valence electrons. The van der Waals surface area contributed by atoms with Gasteiger partial charge in [-0.15, -0.1) is 0 Å². The first-order valence-electron chi connectivity index (χ1n) is 6.30. The Bertz CT molecular complexity index is 591. The van der Waals surface area contributed by atoms with Gasteiger partial charge < -0.3 is 9.67 Å². The van der Waals surface area contributed by atoms with Crippen LogP contribution < -0.4 is 0 Å². The summed E-state index contributed by atoms with van der Waals surface area (Å²) in [5.74, 6) is -0.794. The average Bonchev–Trinajstić information content (AvgIpc) is 2.73. The van der Waals surface area contributed by atoms with Crippen molar-refractivity contribution in [3.63, 3.8) is 0 Å². The lowest BCUT2D eigenvalue weighted by Crippen LogP contribution is -1.99. The zero-order valence-electron chi connectivity index (χ0n) is 11.5. The normalized spacial score (nSPS) is 10.7. The van der Waals surface area contributed by atoms with Crippen molar-refractivity contribution >= 4 is 5.97 Å². The van der Waals surface area contributed by atoms with Gasteiger partial charge in [0, 0.05) is 12.6 Å². The van der Waals surface area contributed by atoms with Gasteiger partial charge in [-0.25, -0.2) is 4.98 Å². The molecule has 4 heteroatoms. The van der Waals surface area contributed by atoms with Gasteiger partial charge >= 0.3 is 5.97 Å². The Morgan fingerprint density at radius 2 is 1.89 bits per heavy atom. The molecule has 0 fully saturated rings. The average molecular weight is 258 g/mol. The molecule has 4 nitrogen and oxygen atoms in total. The Labute approximate surface area is 112 Å². The van der Waals surface area contributed by atoms with Gasteiger partial charge in [0.25, 0.3) is 0 Å². The number of carboxylic acid groups (broad SMARTS) is 1. The number of imidazole rings is 1. The molecule has 0 unspecified atom stereocenters. The van der Waals surface area contributed by atoms with Crippen LogP contribution in [0.5, 0.6) is 0 Å². The summed E-state index contributed by atoms with van der Waals surface area (Å²) >= 11 is 0. The molecule has 19 heavy (non-hydrogen) atoms. The van der Waals surface area contributed by atoms with Gasteiger partial charge in [0.15, 0.2) is 0 Å². The van der Waals surface area contributed by atoms with E-state index in [-0.39, 0.29) is 6.42 Å². The van der Waals surface area contributed by atoms with Crippen LogP contribution in [0.1, 0.15) is 28.8 Å². The topological polar surface area (TPSA) is 55.1 Å². The Balaban J connectivity index is 2.30. The van der Waals surface area contributed by atoms with Crippen LogP contribution in [0.2, 0.25) is 0 Å². The molecule has 1 heterocycles. The number of hydrogen-bond donors (Lipinski definition) is 1. The van der Waals surface area contributed by atoms with Crippen LogP contribution in [0.15, 0.2) is 24.7 Å². The van der Waals surface area contributed by atoms with Crippen molar-refractivity contribution < 1.29 is 9.90 Å². The summed E-state index contributed by atoms with van der Waals surface area (Å²) < 4.78 is 1.97. The van der Waals surface area contributed by atoms with Crippen molar-refractivity contribution in [2.24, 2.45) is 0 Å². The van der Waals surface area contributed by atoms with Crippen molar-refractivity contribution in [1.82, 2.24) is 9.55 Å². The third-order valence-corrected chi connectivity index (χ3v) is 3.12. The largest absolute Gasteiger partial charge is 0.481 e. The lowest BCUT2D eigenvalue weighted by Gasteiger charge is -2.11. The number of aliphatic carboxylic acids is 1. The summed E-state index contributed by atoms with van der Waals surface area (Å²) in [6.07, 6.45) is 4.24. The number of aryl methyl sites for hydroxylation is 4. The molecular weight excluding hydrogens is 240 g/mol. The van der Waals surface area contributed by atoms with Crippen LogP contribution >= 0.6 is 0 Å². The summed E-state index contributed by atoms with van der Waals surface area (Å²) in [4.78, 5) is 14.8. The minimum atomic E-state index is -0.794. The van der Waals surface area contributed by atoms with E-state index in [2.05, 4.69) is 37.9 Å². The van der Waals surface area contributed by atoms with Crippen LogP contribution in [-0.2, 0) is 11.2 Å². The molecule has 0 aliphatic rings. The molecule has 0 saturated heterocycles. The fourth-order valence-electron chi connectivity index (χ4n) is 2.43. The predicted octanol–water partition coefficient (Wildman–Crippen LogP) is 2.81. The van der Waals surface area contributed by atoms with Crippen molar-refractivity contribution in [3.8, 4) is 5.69 Å². The molecule has 0 spiro atoms. The zero-order valence-corrected chi connectivity index (χ0v) is 11.5. The number of hydrogen-bond acceptors (Lipinski definition) is 2. The quantitative estimate of drug-likeness (QED) is 0.917. The van der Waals surface area contributed by atoms with E-state index in [1.54, 1.807) is 6.33 Å². The van der Waals surface area contributed by atoms with Crippen LogP contribution in [0.25, 0.3) is 5.69 Å². The summed E-state index contributed by atoms with van der Waals surface area (Å²) in [5, 5.41) is 8.68. The van der Waals surface area contributed by atoms with Gasteiger partial charge in [0.1, 0.15) is 0 Å². The molecule has 2 rings (SSSR count). The Morgan fingerprint density at radius 3 is 2.47 bits per heavy atom. The monoisotopic (exact) mass is 258 g/mol. The minimum Gasteiger partial charge on any atom is -0.481 e. The molecule has 1 N–H and O–H groups in total. The van der Waals surface area contributed by atoms with Crippen molar-refractivity contribution in [3.05, 3.63) is 47.0 Å². The first kappa shape index (κ1) is 13.3. The lowest BCUT2D eigenvalue weighted by atomic mass is 10.1.